The highest BCUT2D eigenvalue weighted by Gasteiger charge is 2.25. The van der Waals surface area contributed by atoms with Crippen molar-refractivity contribution in [2.24, 2.45) is 0 Å². The number of nitrogen functional groups attached to an aromatic ring is 1. The average Bonchev–Trinajstić information content (AvgIpc) is 2.20. The fourth-order valence-electron chi connectivity index (χ4n) is 1.49. The van der Waals surface area contributed by atoms with E-state index in [1.54, 1.807) is 12.1 Å². The molecule has 1 aromatic rings. The first-order chi connectivity index (χ1) is 6.77. The van der Waals surface area contributed by atoms with Crippen LogP contribution in [0.25, 0.3) is 0 Å². The van der Waals surface area contributed by atoms with E-state index in [0.29, 0.717) is 12.3 Å². The van der Waals surface area contributed by atoms with Crippen LogP contribution in [-0.2, 0) is 9.47 Å². The predicted molar refractivity (Wildman–Crippen MR) is 51.5 cm³/mol. The van der Waals surface area contributed by atoms with Crippen molar-refractivity contribution in [2.45, 2.75) is 12.2 Å². The van der Waals surface area contributed by atoms with E-state index in [1.165, 1.54) is 0 Å². The molecule has 0 aliphatic carbocycles. The molecule has 0 aromatic heterocycles. The second-order valence-corrected chi connectivity index (χ2v) is 3.31. The first-order valence-corrected chi connectivity index (χ1v) is 4.50. The summed E-state index contributed by atoms with van der Waals surface area (Å²) in [6, 6.07) is 7.30. The lowest BCUT2D eigenvalue weighted by molar-refractivity contribution is -0.196. The number of aliphatic hydroxyl groups excluding tert-OH is 1. The van der Waals surface area contributed by atoms with Crippen molar-refractivity contribution in [3.63, 3.8) is 0 Å². The minimum atomic E-state index is -0.604. The molecule has 0 spiro atoms. The Hall–Kier alpha value is -1.10. The maximum Gasteiger partial charge on any atom is 0.147 e. The summed E-state index contributed by atoms with van der Waals surface area (Å²) < 4.78 is 10.3. The van der Waals surface area contributed by atoms with E-state index in [4.69, 9.17) is 15.2 Å². The Balaban J connectivity index is 2.16. The second-order valence-electron chi connectivity index (χ2n) is 3.31. The van der Waals surface area contributed by atoms with Crippen LogP contribution in [0.3, 0.4) is 0 Å². The predicted octanol–water partition coefficient (Wildman–Crippen LogP) is 0.675. The van der Waals surface area contributed by atoms with Gasteiger partial charge in [-0.25, -0.2) is 0 Å². The molecule has 2 rings (SSSR count). The van der Waals surface area contributed by atoms with Crippen LogP contribution < -0.4 is 5.73 Å². The Bertz CT molecular complexity index is 299. The maximum atomic E-state index is 9.61. The van der Waals surface area contributed by atoms with Crippen LogP contribution >= 0.6 is 0 Å². The average molecular weight is 195 g/mol. The lowest BCUT2D eigenvalue weighted by atomic mass is 10.0. The molecular weight excluding hydrogens is 182 g/mol. The van der Waals surface area contributed by atoms with E-state index in [9.17, 15) is 5.11 Å². The summed E-state index contributed by atoms with van der Waals surface area (Å²) >= 11 is 0. The number of aliphatic hydroxyl groups is 1. The fourth-order valence-corrected chi connectivity index (χ4v) is 1.49. The SMILES string of the molecule is Nc1ccc([C@H]2OCOC[C@H]2O)cc1. The van der Waals surface area contributed by atoms with Gasteiger partial charge in [-0.1, -0.05) is 12.1 Å². The molecule has 0 unspecified atom stereocenters. The number of ether oxygens (including phenoxy) is 2. The number of benzene rings is 1. The van der Waals surface area contributed by atoms with Gasteiger partial charge in [0.25, 0.3) is 0 Å². The summed E-state index contributed by atoms with van der Waals surface area (Å²) in [5, 5.41) is 9.61. The number of hydrogen-bond acceptors (Lipinski definition) is 4. The van der Waals surface area contributed by atoms with Gasteiger partial charge < -0.3 is 20.3 Å². The molecule has 0 bridgehead atoms. The molecule has 4 nitrogen and oxygen atoms in total. The van der Waals surface area contributed by atoms with Crippen molar-refractivity contribution in [1.82, 2.24) is 0 Å². The first kappa shape index (κ1) is 9.45. The van der Waals surface area contributed by atoms with Gasteiger partial charge in [0.15, 0.2) is 0 Å². The van der Waals surface area contributed by atoms with E-state index >= 15 is 0 Å². The van der Waals surface area contributed by atoms with Gasteiger partial charge in [0.1, 0.15) is 19.0 Å². The molecule has 0 radical (unpaired) electrons. The molecule has 1 aromatic carbocycles. The normalized spacial score (nSPS) is 27.5. The highest BCUT2D eigenvalue weighted by Crippen LogP contribution is 2.25. The zero-order valence-electron chi connectivity index (χ0n) is 7.72. The third-order valence-electron chi connectivity index (χ3n) is 2.23. The van der Waals surface area contributed by atoms with E-state index in [2.05, 4.69) is 0 Å². The summed E-state index contributed by atoms with van der Waals surface area (Å²) in [6.45, 7) is 0.543. The number of rotatable bonds is 1. The van der Waals surface area contributed by atoms with Crippen molar-refractivity contribution >= 4 is 5.69 Å². The van der Waals surface area contributed by atoms with Crippen LogP contribution in [0.4, 0.5) is 5.69 Å². The molecule has 1 saturated heterocycles. The van der Waals surface area contributed by atoms with Gasteiger partial charge >= 0.3 is 0 Å². The molecule has 1 heterocycles. The smallest absolute Gasteiger partial charge is 0.147 e. The number of anilines is 1. The highest BCUT2D eigenvalue weighted by molar-refractivity contribution is 5.40. The van der Waals surface area contributed by atoms with Crippen molar-refractivity contribution < 1.29 is 14.6 Å². The Kier molecular flexibility index (Phi) is 2.67. The molecule has 1 aliphatic rings. The topological polar surface area (TPSA) is 64.7 Å². The lowest BCUT2D eigenvalue weighted by Crippen LogP contribution is -2.32. The lowest BCUT2D eigenvalue weighted by Gasteiger charge is -2.28. The summed E-state index contributed by atoms with van der Waals surface area (Å²) in [4.78, 5) is 0. The molecule has 4 heteroatoms. The fraction of sp³-hybridized carbons (Fsp3) is 0.400. The largest absolute Gasteiger partial charge is 0.399 e. The molecule has 76 valence electrons. The summed E-state index contributed by atoms with van der Waals surface area (Å²) in [7, 11) is 0. The number of hydrogen-bond donors (Lipinski definition) is 2. The quantitative estimate of drug-likeness (QED) is 0.646. The Morgan fingerprint density at radius 3 is 2.64 bits per heavy atom. The summed E-state index contributed by atoms with van der Waals surface area (Å²) in [6.07, 6.45) is -0.906. The molecule has 1 fully saturated rings. The van der Waals surface area contributed by atoms with Crippen LogP contribution in [0.5, 0.6) is 0 Å². The van der Waals surface area contributed by atoms with E-state index in [-0.39, 0.29) is 12.9 Å². The Labute approximate surface area is 82.2 Å². The Morgan fingerprint density at radius 2 is 2.00 bits per heavy atom. The first-order valence-electron chi connectivity index (χ1n) is 4.50. The summed E-state index contributed by atoms with van der Waals surface area (Å²) in [5.41, 5.74) is 7.19. The Morgan fingerprint density at radius 1 is 1.29 bits per heavy atom. The van der Waals surface area contributed by atoms with Gasteiger partial charge in [-0.2, -0.15) is 0 Å². The molecule has 1 aliphatic heterocycles. The molecular formula is C10H13NO3. The zero-order chi connectivity index (χ0) is 9.97. The van der Waals surface area contributed by atoms with Crippen LogP contribution in [0.1, 0.15) is 11.7 Å². The highest BCUT2D eigenvalue weighted by atomic mass is 16.7. The molecule has 3 N–H and O–H groups in total. The second kappa shape index (κ2) is 3.96. The minimum absolute atomic E-state index is 0.228. The molecule has 0 saturated carbocycles. The van der Waals surface area contributed by atoms with Crippen LogP contribution in [-0.4, -0.2) is 24.6 Å². The molecule has 14 heavy (non-hydrogen) atoms. The van der Waals surface area contributed by atoms with Crippen molar-refractivity contribution in [2.75, 3.05) is 19.1 Å². The third kappa shape index (κ3) is 1.87. The van der Waals surface area contributed by atoms with Gasteiger partial charge in [0.05, 0.1) is 6.61 Å². The van der Waals surface area contributed by atoms with Gasteiger partial charge in [-0.15, -0.1) is 0 Å². The van der Waals surface area contributed by atoms with E-state index < -0.39 is 6.10 Å². The van der Waals surface area contributed by atoms with Crippen LogP contribution in [0, 0.1) is 0 Å². The van der Waals surface area contributed by atoms with E-state index in [0.717, 1.165) is 5.56 Å². The van der Waals surface area contributed by atoms with Gasteiger partial charge in [0.2, 0.25) is 0 Å². The van der Waals surface area contributed by atoms with Gasteiger partial charge in [0, 0.05) is 5.69 Å². The summed E-state index contributed by atoms with van der Waals surface area (Å²) in [5.74, 6) is 0. The van der Waals surface area contributed by atoms with Crippen LogP contribution in [0.2, 0.25) is 0 Å². The standard InChI is InChI=1S/C10H13NO3/c11-8-3-1-7(2-4-8)10-9(12)5-13-6-14-10/h1-4,9-10,12H,5-6,11H2/t9-,10-/m1/s1. The van der Waals surface area contributed by atoms with Crippen LogP contribution in [0.15, 0.2) is 24.3 Å². The van der Waals surface area contributed by atoms with Crippen molar-refractivity contribution in [3.05, 3.63) is 29.8 Å². The molecule has 0 amide bonds. The van der Waals surface area contributed by atoms with Gasteiger partial charge in [-0.05, 0) is 17.7 Å². The monoisotopic (exact) mass is 195 g/mol. The third-order valence-corrected chi connectivity index (χ3v) is 2.23. The number of nitrogens with two attached hydrogens (primary N) is 1. The molecule has 2 atom stereocenters. The van der Waals surface area contributed by atoms with Crippen molar-refractivity contribution in [1.29, 1.82) is 0 Å². The minimum Gasteiger partial charge on any atom is -0.399 e. The van der Waals surface area contributed by atoms with E-state index in [1.807, 2.05) is 12.1 Å². The van der Waals surface area contributed by atoms with Gasteiger partial charge in [-0.3, -0.25) is 0 Å². The maximum absolute atomic E-state index is 9.61. The zero-order valence-corrected chi connectivity index (χ0v) is 7.72. The van der Waals surface area contributed by atoms with Crippen molar-refractivity contribution in [3.8, 4) is 0 Å².